The van der Waals surface area contributed by atoms with E-state index in [9.17, 15) is 4.79 Å². The summed E-state index contributed by atoms with van der Waals surface area (Å²) >= 11 is 0. The number of nitriles is 1. The molecule has 0 spiro atoms. The van der Waals surface area contributed by atoms with Crippen LogP contribution < -0.4 is 0 Å². The van der Waals surface area contributed by atoms with Crippen molar-refractivity contribution in [1.29, 1.82) is 5.26 Å². The van der Waals surface area contributed by atoms with E-state index in [1.807, 2.05) is 52.9 Å². The van der Waals surface area contributed by atoms with E-state index >= 15 is 0 Å². The number of ketones is 1. The number of Topliss-reactive ketones (excluding diaryl/α,β-unsaturated/α-hetero) is 1. The quantitative estimate of drug-likeness (QED) is 0.541. The SMILES string of the molecule is N#Cc1ccc(CC(=O)Cc2c(-c3ccccc3)ccc3cncn23)cc1. The van der Waals surface area contributed by atoms with Crippen molar-refractivity contribution in [2.45, 2.75) is 12.8 Å². The van der Waals surface area contributed by atoms with Gasteiger partial charge in [-0.2, -0.15) is 5.26 Å². The number of imidazole rings is 1. The smallest absolute Gasteiger partial charge is 0.143 e. The lowest BCUT2D eigenvalue weighted by molar-refractivity contribution is -0.117. The van der Waals surface area contributed by atoms with Gasteiger partial charge < -0.3 is 4.40 Å². The van der Waals surface area contributed by atoms with Gasteiger partial charge in [-0.05, 0) is 29.3 Å². The number of carbonyl (C=O) groups excluding carboxylic acids is 1. The van der Waals surface area contributed by atoms with Gasteiger partial charge in [0.2, 0.25) is 0 Å². The van der Waals surface area contributed by atoms with Crippen molar-refractivity contribution in [2.24, 2.45) is 0 Å². The molecule has 0 N–H and O–H groups in total. The highest BCUT2D eigenvalue weighted by molar-refractivity contribution is 5.85. The molecule has 4 aromatic rings. The number of nitrogens with zero attached hydrogens (tertiary/aromatic N) is 3. The molecule has 0 bridgehead atoms. The predicted octanol–water partition coefficient (Wildman–Crippen LogP) is 4.23. The average Bonchev–Trinajstić information content (AvgIpc) is 3.19. The van der Waals surface area contributed by atoms with Crippen molar-refractivity contribution in [1.82, 2.24) is 9.38 Å². The lowest BCUT2D eigenvalue weighted by Gasteiger charge is -2.12. The van der Waals surface area contributed by atoms with Crippen LogP contribution in [0.5, 0.6) is 0 Å². The number of benzene rings is 2. The molecule has 0 aliphatic carbocycles. The Morgan fingerprint density at radius 3 is 2.48 bits per heavy atom. The molecule has 27 heavy (non-hydrogen) atoms. The van der Waals surface area contributed by atoms with Gasteiger partial charge >= 0.3 is 0 Å². The molecule has 0 saturated carbocycles. The molecule has 4 nitrogen and oxygen atoms in total. The summed E-state index contributed by atoms with van der Waals surface area (Å²) in [6, 6.07) is 23.4. The number of rotatable bonds is 5. The van der Waals surface area contributed by atoms with Gasteiger partial charge in [-0.1, -0.05) is 48.5 Å². The van der Waals surface area contributed by atoms with Gasteiger partial charge in [0.1, 0.15) is 5.78 Å². The summed E-state index contributed by atoms with van der Waals surface area (Å²) in [5.41, 5.74) is 5.54. The fourth-order valence-corrected chi connectivity index (χ4v) is 3.28. The van der Waals surface area contributed by atoms with Gasteiger partial charge in [0.05, 0.1) is 29.7 Å². The van der Waals surface area contributed by atoms with E-state index in [0.29, 0.717) is 18.4 Å². The fourth-order valence-electron chi connectivity index (χ4n) is 3.28. The van der Waals surface area contributed by atoms with E-state index in [0.717, 1.165) is 27.9 Å². The maximum absolute atomic E-state index is 12.8. The van der Waals surface area contributed by atoms with E-state index in [4.69, 9.17) is 5.26 Å². The van der Waals surface area contributed by atoms with Crippen LogP contribution in [0.15, 0.2) is 79.3 Å². The van der Waals surface area contributed by atoms with Crippen LogP contribution in [0.3, 0.4) is 0 Å². The summed E-state index contributed by atoms with van der Waals surface area (Å²) in [4.78, 5) is 17.0. The van der Waals surface area contributed by atoms with Gasteiger partial charge in [0.25, 0.3) is 0 Å². The molecule has 0 fully saturated rings. The highest BCUT2D eigenvalue weighted by atomic mass is 16.1. The first-order valence-electron chi connectivity index (χ1n) is 8.75. The Bertz CT molecular complexity index is 1140. The minimum absolute atomic E-state index is 0.123. The zero-order valence-corrected chi connectivity index (χ0v) is 14.7. The lowest BCUT2D eigenvalue weighted by atomic mass is 9.98. The van der Waals surface area contributed by atoms with Crippen molar-refractivity contribution >= 4 is 11.3 Å². The highest BCUT2D eigenvalue weighted by Crippen LogP contribution is 2.26. The predicted molar refractivity (Wildman–Crippen MR) is 104 cm³/mol. The molecule has 2 heterocycles. The fraction of sp³-hybridized carbons (Fsp3) is 0.0870. The second-order valence-corrected chi connectivity index (χ2v) is 6.45. The molecule has 0 saturated heterocycles. The molecular formula is C23H17N3O. The second kappa shape index (κ2) is 7.27. The molecule has 2 aromatic carbocycles. The maximum atomic E-state index is 12.8. The topological polar surface area (TPSA) is 58.2 Å². The van der Waals surface area contributed by atoms with Crippen molar-refractivity contribution in [3.63, 3.8) is 0 Å². The molecule has 4 heteroatoms. The minimum Gasteiger partial charge on any atom is -0.302 e. The second-order valence-electron chi connectivity index (χ2n) is 6.45. The van der Waals surface area contributed by atoms with Crippen molar-refractivity contribution in [3.8, 4) is 17.2 Å². The Hall–Kier alpha value is -3.71. The van der Waals surface area contributed by atoms with Crippen molar-refractivity contribution in [2.75, 3.05) is 0 Å². The molecule has 0 radical (unpaired) electrons. The average molecular weight is 351 g/mol. The molecule has 0 unspecified atom stereocenters. The van der Waals surface area contributed by atoms with Gasteiger partial charge in [0.15, 0.2) is 0 Å². The zero-order chi connectivity index (χ0) is 18.6. The number of aromatic nitrogens is 2. The van der Waals surface area contributed by atoms with Gasteiger partial charge in [-0.15, -0.1) is 0 Å². The summed E-state index contributed by atoms with van der Waals surface area (Å²) < 4.78 is 1.99. The van der Waals surface area contributed by atoms with Crippen molar-refractivity contribution < 1.29 is 4.79 Å². The molecule has 2 aromatic heterocycles. The molecule has 0 aliphatic heterocycles. The largest absolute Gasteiger partial charge is 0.302 e. The van der Waals surface area contributed by atoms with E-state index in [2.05, 4.69) is 17.1 Å². The maximum Gasteiger partial charge on any atom is 0.143 e. The molecule has 0 amide bonds. The van der Waals surface area contributed by atoms with Crippen LogP contribution >= 0.6 is 0 Å². The van der Waals surface area contributed by atoms with Crippen molar-refractivity contribution in [3.05, 3.63) is 96.1 Å². The lowest BCUT2D eigenvalue weighted by Crippen LogP contribution is -2.11. The summed E-state index contributed by atoms with van der Waals surface area (Å²) in [6.07, 6.45) is 4.21. The van der Waals surface area contributed by atoms with Crippen LogP contribution in [0, 0.1) is 11.3 Å². The number of pyridine rings is 1. The van der Waals surface area contributed by atoms with Crippen LogP contribution in [0.1, 0.15) is 16.8 Å². The van der Waals surface area contributed by atoms with Crippen LogP contribution in [0.25, 0.3) is 16.6 Å². The third-order valence-electron chi connectivity index (χ3n) is 4.62. The Morgan fingerprint density at radius 2 is 1.74 bits per heavy atom. The van der Waals surface area contributed by atoms with Crippen LogP contribution in [-0.4, -0.2) is 15.2 Å². The Balaban J connectivity index is 1.66. The highest BCUT2D eigenvalue weighted by Gasteiger charge is 2.14. The van der Waals surface area contributed by atoms with E-state index in [1.165, 1.54) is 0 Å². The summed E-state index contributed by atoms with van der Waals surface area (Å²) in [7, 11) is 0. The number of hydrogen-bond donors (Lipinski definition) is 0. The number of fused-ring (bicyclic) bond motifs is 1. The summed E-state index contributed by atoms with van der Waals surface area (Å²) in [5, 5.41) is 8.90. The van der Waals surface area contributed by atoms with Gasteiger partial charge in [0, 0.05) is 24.1 Å². The zero-order valence-electron chi connectivity index (χ0n) is 14.7. The summed E-state index contributed by atoms with van der Waals surface area (Å²) in [6.45, 7) is 0. The Labute approximate surface area is 157 Å². The molecule has 4 rings (SSSR count). The van der Waals surface area contributed by atoms with E-state index < -0.39 is 0 Å². The normalized spacial score (nSPS) is 10.6. The molecule has 0 aliphatic rings. The van der Waals surface area contributed by atoms with Gasteiger partial charge in [-0.3, -0.25) is 4.79 Å². The molecular weight excluding hydrogens is 334 g/mol. The molecule has 130 valence electrons. The first-order chi connectivity index (χ1) is 13.2. The van der Waals surface area contributed by atoms with Crippen LogP contribution in [0.4, 0.5) is 0 Å². The summed E-state index contributed by atoms with van der Waals surface area (Å²) in [5.74, 6) is 0.123. The van der Waals surface area contributed by atoms with Crippen LogP contribution in [0.2, 0.25) is 0 Å². The monoisotopic (exact) mass is 351 g/mol. The Morgan fingerprint density at radius 1 is 0.963 bits per heavy atom. The number of hydrogen-bond acceptors (Lipinski definition) is 3. The third-order valence-corrected chi connectivity index (χ3v) is 4.62. The first-order valence-corrected chi connectivity index (χ1v) is 8.75. The minimum atomic E-state index is 0.123. The number of carbonyl (C=O) groups is 1. The van der Waals surface area contributed by atoms with E-state index in [-0.39, 0.29) is 5.78 Å². The molecule has 0 atom stereocenters. The third kappa shape index (κ3) is 3.49. The first kappa shape index (κ1) is 16.7. The van der Waals surface area contributed by atoms with E-state index in [1.54, 1.807) is 24.7 Å². The van der Waals surface area contributed by atoms with Crippen LogP contribution in [-0.2, 0) is 17.6 Å². The Kier molecular flexibility index (Phi) is 4.51. The van der Waals surface area contributed by atoms with Gasteiger partial charge in [-0.25, -0.2) is 4.98 Å². The standard InChI is InChI=1S/C23H17N3O/c24-14-18-8-6-17(7-9-18)12-21(27)13-23-22(19-4-2-1-3-5-19)11-10-20-15-25-16-26(20)23/h1-11,15-16H,12-13H2.